The smallest absolute Gasteiger partial charge is 0.275 e. The summed E-state index contributed by atoms with van der Waals surface area (Å²) in [5, 5.41) is 4.16. The first kappa shape index (κ1) is 18.8. The zero-order valence-corrected chi connectivity index (χ0v) is 16.0. The average molecular weight is 407 g/mol. The van der Waals surface area contributed by atoms with Crippen molar-refractivity contribution in [3.63, 3.8) is 0 Å². The summed E-state index contributed by atoms with van der Waals surface area (Å²) >= 11 is 3.34. The van der Waals surface area contributed by atoms with Crippen LogP contribution >= 0.6 is 15.9 Å². The van der Waals surface area contributed by atoms with Crippen LogP contribution in [0.1, 0.15) is 22.8 Å². The molecule has 0 radical (unpaired) electrons. The predicted molar refractivity (Wildman–Crippen MR) is 99.9 cm³/mol. The topological polar surface area (TPSA) is 69.2 Å². The van der Waals surface area contributed by atoms with Gasteiger partial charge in [-0.05, 0) is 43.3 Å². The maximum atomic E-state index is 12.4. The first-order chi connectivity index (χ1) is 12.0. The van der Waals surface area contributed by atoms with E-state index in [9.17, 15) is 4.79 Å². The molecule has 1 amide bonds. The zero-order chi connectivity index (χ0) is 18.4. The lowest BCUT2D eigenvalue weighted by Gasteiger charge is -2.10. The third-order valence-corrected chi connectivity index (χ3v) is 4.03. The molecule has 7 heteroatoms. The number of ether oxygens (including phenoxy) is 3. The monoisotopic (exact) mass is 406 g/mol. The van der Waals surface area contributed by atoms with Crippen molar-refractivity contribution in [2.75, 3.05) is 21.3 Å². The summed E-state index contributed by atoms with van der Waals surface area (Å²) in [5.74, 6) is 1.33. The number of halogens is 1. The Bertz CT molecular complexity index is 806. The highest BCUT2D eigenvalue weighted by atomic mass is 79.9. The first-order valence-electron chi connectivity index (χ1n) is 7.40. The summed E-state index contributed by atoms with van der Waals surface area (Å²) in [5.41, 5.74) is 4.36. The highest BCUT2D eigenvalue weighted by molar-refractivity contribution is 9.10. The molecule has 25 heavy (non-hydrogen) atoms. The van der Waals surface area contributed by atoms with Crippen molar-refractivity contribution < 1.29 is 19.0 Å². The number of methoxy groups -OCH3 is 3. The molecule has 0 saturated heterocycles. The van der Waals surface area contributed by atoms with Crippen LogP contribution in [0.3, 0.4) is 0 Å². The van der Waals surface area contributed by atoms with Crippen LogP contribution in [-0.2, 0) is 0 Å². The Labute approximate surface area is 154 Å². The molecule has 132 valence electrons. The van der Waals surface area contributed by atoms with Crippen LogP contribution in [-0.4, -0.2) is 32.9 Å². The van der Waals surface area contributed by atoms with Gasteiger partial charge in [-0.3, -0.25) is 4.79 Å². The maximum absolute atomic E-state index is 12.4. The summed E-state index contributed by atoms with van der Waals surface area (Å²) in [7, 11) is 4.65. The Kier molecular flexibility index (Phi) is 6.41. The molecule has 0 unspecified atom stereocenters. The Balaban J connectivity index is 2.21. The van der Waals surface area contributed by atoms with Gasteiger partial charge in [0.25, 0.3) is 5.91 Å². The van der Waals surface area contributed by atoms with E-state index in [4.69, 9.17) is 14.2 Å². The number of hydrazone groups is 1. The van der Waals surface area contributed by atoms with Crippen LogP contribution in [0.25, 0.3) is 0 Å². The van der Waals surface area contributed by atoms with Crippen LogP contribution in [0.15, 0.2) is 46.0 Å². The van der Waals surface area contributed by atoms with Crippen molar-refractivity contribution in [1.82, 2.24) is 5.43 Å². The Morgan fingerprint density at radius 3 is 2.24 bits per heavy atom. The Morgan fingerprint density at radius 1 is 0.960 bits per heavy atom. The van der Waals surface area contributed by atoms with Gasteiger partial charge >= 0.3 is 0 Å². The first-order valence-corrected chi connectivity index (χ1v) is 8.20. The Morgan fingerprint density at radius 2 is 1.60 bits per heavy atom. The molecule has 6 nitrogen and oxygen atoms in total. The summed E-state index contributed by atoms with van der Waals surface area (Å²) < 4.78 is 16.5. The average Bonchev–Trinajstić information content (AvgIpc) is 2.65. The molecule has 0 atom stereocenters. The van der Waals surface area contributed by atoms with Crippen molar-refractivity contribution in [1.29, 1.82) is 0 Å². The van der Waals surface area contributed by atoms with Crippen LogP contribution in [0.5, 0.6) is 17.2 Å². The van der Waals surface area contributed by atoms with Crippen molar-refractivity contribution >= 4 is 27.5 Å². The molecule has 1 N–H and O–H groups in total. The van der Waals surface area contributed by atoms with Crippen LogP contribution in [0.2, 0.25) is 0 Å². The molecule has 0 bridgehead atoms. The lowest BCUT2D eigenvalue weighted by molar-refractivity contribution is 0.0951. The maximum Gasteiger partial charge on any atom is 0.275 e. The van der Waals surface area contributed by atoms with Gasteiger partial charge in [-0.25, -0.2) is 5.43 Å². The minimum Gasteiger partial charge on any atom is -0.496 e. The molecule has 0 fully saturated rings. The van der Waals surface area contributed by atoms with E-state index in [0.29, 0.717) is 28.5 Å². The summed E-state index contributed by atoms with van der Waals surface area (Å²) in [6.07, 6.45) is 0. The fraction of sp³-hybridized carbons (Fsp3) is 0.222. The molecule has 0 aliphatic heterocycles. The zero-order valence-electron chi connectivity index (χ0n) is 14.4. The third-order valence-electron chi connectivity index (χ3n) is 3.53. The fourth-order valence-electron chi connectivity index (χ4n) is 2.18. The van der Waals surface area contributed by atoms with Crippen molar-refractivity contribution in [2.45, 2.75) is 6.92 Å². The Hall–Kier alpha value is -2.54. The molecule has 0 saturated carbocycles. The molecule has 0 heterocycles. The summed E-state index contributed by atoms with van der Waals surface area (Å²) in [6.45, 7) is 1.79. The lowest BCUT2D eigenvalue weighted by Crippen LogP contribution is -2.20. The van der Waals surface area contributed by atoms with Crippen molar-refractivity contribution in [2.24, 2.45) is 5.10 Å². The van der Waals surface area contributed by atoms with E-state index in [1.54, 1.807) is 51.5 Å². The fourth-order valence-corrected chi connectivity index (χ4v) is 2.54. The highest BCUT2D eigenvalue weighted by Crippen LogP contribution is 2.28. The number of hydrogen-bond acceptors (Lipinski definition) is 5. The van der Waals surface area contributed by atoms with E-state index < -0.39 is 0 Å². The standard InChI is InChI=1S/C18H19BrN2O4/c1-11(12-5-7-16(24-3)17(9-12)25-4)20-21-18(22)14-10-13(19)6-8-15(14)23-2/h5-10H,1-4H3,(H,21,22)/b20-11-. The molecule has 2 aromatic carbocycles. The molecular formula is C18H19BrN2O4. The van der Waals surface area contributed by atoms with Gasteiger partial charge in [0.2, 0.25) is 0 Å². The van der Waals surface area contributed by atoms with Gasteiger partial charge in [0.1, 0.15) is 5.75 Å². The van der Waals surface area contributed by atoms with Gasteiger partial charge in [0, 0.05) is 10.0 Å². The van der Waals surface area contributed by atoms with Gasteiger partial charge < -0.3 is 14.2 Å². The second-order valence-electron chi connectivity index (χ2n) is 5.05. The minimum absolute atomic E-state index is 0.363. The van der Waals surface area contributed by atoms with Gasteiger partial charge in [-0.1, -0.05) is 15.9 Å². The lowest BCUT2D eigenvalue weighted by atomic mass is 10.1. The van der Waals surface area contributed by atoms with Gasteiger partial charge in [-0.2, -0.15) is 5.10 Å². The van der Waals surface area contributed by atoms with E-state index in [1.807, 2.05) is 6.07 Å². The largest absolute Gasteiger partial charge is 0.496 e. The molecule has 0 aliphatic carbocycles. The van der Waals surface area contributed by atoms with Crippen molar-refractivity contribution in [3.05, 3.63) is 52.0 Å². The normalized spacial score (nSPS) is 11.0. The number of benzene rings is 2. The van der Waals surface area contributed by atoms with E-state index in [2.05, 4.69) is 26.5 Å². The SMILES string of the molecule is COc1ccc(/C(C)=N\NC(=O)c2cc(Br)ccc2OC)cc1OC. The van der Waals surface area contributed by atoms with Crippen molar-refractivity contribution in [3.8, 4) is 17.2 Å². The van der Waals surface area contributed by atoms with E-state index >= 15 is 0 Å². The van der Waals surface area contributed by atoms with Crippen LogP contribution in [0.4, 0.5) is 0 Å². The van der Waals surface area contributed by atoms with E-state index in [-0.39, 0.29) is 5.91 Å². The van der Waals surface area contributed by atoms with Crippen LogP contribution < -0.4 is 19.6 Å². The van der Waals surface area contributed by atoms with Gasteiger partial charge in [0.15, 0.2) is 11.5 Å². The number of carbonyl (C=O) groups excluding carboxylic acids is 1. The molecule has 0 spiro atoms. The summed E-state index contributed by atoms with van der Waals surface area (Å²) in [6, 6.07) is 10.6. The minimum atomic E-state index is -0.363. The predicted octanol–water partition coefficient (Wildman–Crippen LogP) is 3.63. The molecule has 2 aromatic rings. The number of amides is 1. The third kappa shape index (κ3) is 4.51. The van der Waals surface area contributed by atoms with Gasteiger partial charge in [0.05, 0.1) is 32.6 Å². The second kappa shape index (κ2) is 8.53. The van der Waals surface area contributed by atoms with E-state index in [0.717, 1.165) is 10.0 Å². The number of rotatable bonds is 6. The summed E-state index contributed by atoms with van der Waals surface area (Å²) in [4.78, 5) is 12.4. The second-order valence-corrected chi connectivity index (χ2v) is 5.97. The molecular weight excluding hydrogens is 388 g/mol. The van der Waals surface area contributed by atoms with E-state index in [1.165, 1.54) is 7.11 Å². The molecule has 0 aliphatic rings. The number of hydrogen-bond donors (Lipinski definition) is 1. The van der Waals surface area contributed by atoms with Gasteiger partial charge in [-0.15, -0.1) is 0 Å². The number of nitrogens with one attached hydrogen (secondary N) is 1. The number of carbonyl (C=O) groups is 1. The molecule has 2 rings (SSSR count). The van der Waals surface area contributed by atoms with Crippen LogP contribution in [0, 0.1) is 0 Å². The highest BCUT2D eigenvalue weighted by Gasteiger charge is 2.13. The molecule has 0 aromatic heterocycles. The quantitative estimate of drug-likeness (QED) is 0.587. The number of nitrogens with zero attached hydrogens (tertiary/aromatic N) is 1.